The summed E-state index contributed by atoms with van der Waals surface area (Å²) in [7, 11) is 0. The molecule has 1 aliphatic carbocycles. The van der Waals surface area contributed by atoms with Gasteiger partial charge in [0.05, 0.1) is 5.92 Å². The number of hydrogen-bond acceptors (Lipinski definition) is 8. The summed E-state index contributed by atoms with van der Waals surface area (Å²) in [6, 6.07) is 20.1. The van der Waals surface area contributed by atoms with Crippen molar-refractivity contribution >= 4 is 61.9 Å². The van der Waals surface area contributed by atoms with E-state index in [1.54, 1.807) is 17.5 Å². The number of unbranched alkanes of at least 4 members (excludes halogenated alkanes) is 1. The highest BCUT2D eigenvalue weighted by Crippen LogP contribution is 2.28. The molecule has 1 aliphatic rings. The summed E-state index contributed by atoms with van der Waals surface area (Å²) in [6.45, 7) is 0.429. The Kier molecular flexibility index (Phi) is 14.1. The van der Waals surface area contributed by atoms with E-state index in [1.807, 2.05) is 84.2 Å². The number of fused-ring (bicyclic) bond motifs is 2. The lowest BCUT2D eigenvalue weighted by atomic mass is 9.99. The maximum absolute atomic E-state index is 14.5. The van der Waals surface area contributed by atoms with E-state index >= 15 is 0 Å². The van der Waals surface area contributed by atoms with E-state index in [0.717, 1.165) is 50.5 Å². The summed E-state index contributed by atoms with van der Waals surface area (Å²) in [4.78, 5) is 72.3. The van der Waals surface area contributed by atoms with Crippen molar-refractivity contribution < 1.29 is 24.0 Å². The first-order valence-electron chi connectivity index (χ1n) is 19.6. The number of amides is 5. The third-order valence-corrected chi connectivity index (χ3v) is 11.8. The normalized spacial score (nSPS) is 17.4. The highest BCUT2D eigenvalue weighted by atomic mass is 32.1. The van der Waals surface area contributed by atoms with Crippen molar-refractivity contribution in [2.24, 2.45) is 23.1 Å². The highest BCUT2D eigenvalue weighted by Gasteiger charge is 2.35. The number of hydrogen-bond donors (Lipinski definition) is 8. The van der Waals surface area contributed by atoms with Gasteiger partial charge < -0.3 is 43.5 Å². The van der Waals surface area contributed by atoms with Crippen molar-refractivity contribution in [3.63, 3.8) is 0 Å². The molecule has 0 radical (unpaired) electrons. The van der Waals surface area contributed by atoms with Crippen LogP contribution in [0.25, 0.3) is 21.0 Å². The minimum atomic E-state index is -1.17. The Hall–Kier alpha value is -5.57. The number of aromatic nitrogens is 1. The zero-order valence-corrected chi connectivity index (χ0v) is 32.7. The van der Waals surface area contributed by atoms with E-state index in [9.17, 15) is 24.0 Å². The third kappa shape index (κ3) is 10.6. The Labute approximate surface area is 335 Å². The molecule has 0 unspecified atom stereocenters. The number of H-pyrrole nitrogens is 1. The fourth-order valence-corrected chi connectivity index (χ4v) is 8.57. The van der Waals surface area contributed by atoms with E-state index in [-0.39, 0.29) is 31.2 Å². The van der Waals surface area contributed by atoms with Crippen molar-refractivity contribution in [1.82, 2.24) is 26.3 Å². The predicted molar refractivity (Wildman–Crippen MR) is 223 cm³/mol. The van der Waals surface area contributed by atoms with Crippen molar-refractivity contribution in [3.05, 3.63) is 107 Å². The summed E-state index contributed by atoms with van der Waals surface area (Å²) in [5.41, 5.74) is 20.9. The molecule has 0 bridgehead atoms. The van der Waals surface area contributed by atoms with Crippen LogP contribution in [0.1, 0.15) is 55.2 Å². The molecule has 1 fully saturated rings. The summed E-state index contributed by atoms with van der Waals surface area (Å²) in [5, 5.41) is 15.4. The number of benzene rings is 3. The van der Waals surface area contributed by atoms with Gasteiger partial charge in [-0.2, -0.15) is 0 Å². The molecule has 57 heavy (non-hydrogen) atoms. The Morgan fingerprint density at radius 2 is 1.32 bits per heavy atom. The van der Waals surface area contributed by atoms with Crippen molar-refractivity contribution in [3.8, 4) is 0 Å². The second-order valence-corrected chi connectivity index (χ2v) is 15.8. The number of nitrogens with one attached hydrogen (secondary N) is 5. The number of aromatic amines is 1. The quantitative estimate of drug-likeness (QED) is 0.0583. The molecule has 1 saturated carbocycles. The summed E-state index contributed by atoms with van der Waals surface area (Å²) < 4.78 is 1.05. The number of para-hydroxylation sites is 1. The van der Waals surface area contributed by atoms with Gasteiger partial charge in [-0.1, -0.05) is 73.2 Å². The van der Waals surface area contributed by atoms with Crippen LogP contribution in [0.5, 0.6) is 0 Å². The van der Waals surface area contributed by atoms with Crippen LogP contribution in [0.2, 0.25) is 0 Å². The van der Waals surface area contributed by atoms with Crippen molar-refractivity contribution in [2.75, 3.05) is 6.54 Å². The minimum Gasteiger partial charge on any atom is -0.368 e. The Morgan fingerprint density at radius 3 is 2.00 bits per heavy atom. The number of carbonyl (C=O) groups is 5. The third-order valence-electron chi connectivity index (χ3n) is 10.8. The van der Waals surface area contributed by atoms with Crippen molar-refractivity contribution in [2.45, 2.75) is 88.0 Å². The Balaban J connectivity index is 1.30. The van der Waals surface area contributed by atoms with Gasteiger partial charge in [-0.05, 0) is 78.2 Å². The summed E-state index contributed by atoms with van der Waals surface area (Å²) in [6.07, 6.45) is 5.84. The number of primary amides is 1. The van der Waals surface area contributed by atoms with Crippen LogP contribution in [0.4, 0.5) is 0 Å². The topological polar surface area (TPSA) is 227 Å². The average molecular weight is 793 g/mol. The first-order valence-corrected chi connectivity index (χ1v) is 20.5. The van der Waals surface area contributed by atoms with Gasteiger partial charge in [-0.15, -0.1) is 11.3 Å². The summed E-state index contributed by atoms with van der Waals surface area (Å²) >= 11 is 1.55. The molecule has 2 aromatic heterocycles. The Bertz CT molecular complexity index is 2170. The summed E-state index contributed by atoms with van der Waals surface area (Å²) in [5.74, 6) is -3.19. The van der Waals surface area contributed by atoms with Crippen LogP contribution in [0, 0.1) is 5.92 Å². The fraction of sp³-hybridized carbons (Fsp3) is 0.372. The zero-order chi connectivity index (χ0) is 40.3. The molecule has 6 atom stereocenters. The predicted octanol–water partition coefficient (Wildman–Crippen LogP) is 3.09. The molecule has 5 amide bonds. The van der Waals surface area contributed by atoms with Gasteiger partial charge in [0.2, 0.25) is 29.5 Å². The Morgan fingerprint density at radius 1 is 0.702 bits per heavy atom. The van der Waals surface area contributed by atoms with Gasteiger partial charge >= 0.3 is 0 Å². The average Bonchev–Trinajstić information content (AvgIpc) is 3.95. The lowest BCUT2D eigenvalue weighted by Crippen LogP contribution is -2.59. The molecule has 300 valence electrons. The van der Waals surface area contributed by atoms with Gasteiger partial charge in [0.15, 0.2) is 0 Å². The smallest absolute Gasteiger partial charge is 0.243 e. The van der Waals surface area contributed by atoms with Gasteiger partial charge in [-0.25, -0.2) is 0 Å². The standard InChI is InChI=1S/C43H52N8O5S/c44-20-9-8-18-34(39(46)52)48-41(54)35(21-26-11-2-1-3-12-26)50-42(55)36(22-27-24-47-33-17-6-4-13-29(27)33)51-43(56)37(49-40(53)31-15-10-16-32(31)45)23-28-25-57-38-19-7-5-14-30(28)38/h1-7,11-14,17,19,24-25,31-32,34-37,47H,8-10,15-16,18,20-23,44-45H2,(H2,46,52)(H,48,54)(H,49,53)(H,50,55)(H,51,56)/t31-,32+,34-,35+,36-,37-/m1/s1. The van der Waals surface area contributed by atoms with Crippen molar-refractivity contribution in [1.29, 1.82) is 0 Å². The van der Waals surface area contributed by atoms with Gasteiger partial charge in [0, 0.05) is 47.1 Å². The molecule has 14 heteroatoms. The van der Waals surface area contributed by atoms with Crippen LogP contribution in [-0.2, 0) is 43.2 Å². The van der Waals surface area contributed by atoms with E-state index < -0.39 is 53.7 Å². The van der Waals surface area contributed by atoms with Crippen LogP contribution in [0.3, 0.4) is 0 Å². The molecule has 11 N–H and O–H groups in total. The van der Waals surface area contributed by atoms with E-state index in [4.69, 9.17) is 17.2 Å². The number of nitrogens with two attached hydrogens (primary N) is 3. The second kappa shape index (κ2) is 19.5. The van der Waals surface area contributed by atoms with Crippen LogP contribution in [0.15, 0.2) is 90.4 Å². The lowest BCUT2D eigenvalue weighted by molar-refractivity contribution is -0.134. The highest BCUT2D eigenvalue weighted by molar-refractivity contribution is 7.17. The largest absolute Gasteiger partial charge is 0.368 e. The van der Waals surface area contributed by atoms with E-state index in [2.05, 4.69) is 26.3 Å². The molecule has 0 saturated heterocycles. The van der Waals surface area contributed by atoms with E-state index in [1.165, 1.54) is 0 Å². The monoisotopic (exact) mass is 792 g/mol. The number of carbonyl (C=O) groups excluding carboxylic acids is 5. The number of thiophene rings is 1. The molecule has 5 aromatic rings. The van der Waals surface area contributed by atoms with Gasteiger partial charge in [0.25, 0.3) is 0 Å². The molecular formula is C43H52N8O5S. The van der Waals surface area contributed by atoms with Crippen LogP contribution >= 0.6 is 11.3 Å². The fourth-order valence-electron chi connectivity index (χ4n) is 7.60. The molecule has 0 aliphatic heterocycles. The maximum Gasteiger partial charge on any atom is 0.243 e. The van der Waals surface area contributed by atoms with Gasteiger partial charge in [-0.3, -0.25) is 24.0 Å². The second-order valence-electron chi connectivity index (χ2n) is 14.8. The molecule has 6 rings (SSSR count). The van der Waals surface area contributed by atoms with E-state index in [0.29, 0.717) is 32.2 Å². The maximum atomic E-state index is 14.5. The molecule has 3 aromatic carbocycles. The first kappa shape index (κ1) is 41.1. The molecule has 2 heterocycles. The van der Waals surface area contributed by atoms with Crippen LogP contribution < -0.4 is 38.5 Å². The molecule has 13 nitrogen and oxygen atoms in total. The number of rotatable bonds is 19. The van der Waals surface area contributed by atoms with Gasteiger partial charge in [0.1, 0.15) is 24.2 Å². The zero-order valence-electron chi connectivity index (χ0n) is 31.9. The SMILES string of the molecule is NCCCC[C@@H](NC(=O)[C@H](Cc1ccccc1)NC(=O)[C@@H](Cc1c[nH]c2ccccc12)NC(=O)[C@@H](Cc1csc2ccccc12)NC(=O)[C@@H]1CCC[C@@H]1N)C(N)=O. The molecular weight excluding hydrogens is 741 g/mol. The molecule has 0 spiro atoms. The first-order chi connectivity index (χ1) is 27.6. The minimum absolute atomic E-state index is 0.0693. The lowest BCUT2D eigenvalue weighted by Gasteiger charge is -2.27. The van der Waals surface area contributed by atoms with Crippen LogP contribution in [-0.4, -0.2) is 71.3 Å².